The van der Waals surface area contributed by atoms with E-state index in [-0.39, 0.29) is 17.5 Å². The van der Waals surface area contributed by atoms with Crippen LogP contribution in [0.5, 0.6) is 0 Å². The van der Waals surface area contributed by atoms with Gasteiger partial charge in [-0.1, -0.05) is 30.3 Å². The number of rotatable bonds is 4. The van der Waals surface area contributed by atoms with Crippen LogP contribution in [0.15, 0.2) is 65.3 Å². The number of carbonyl (C=O) groups is 1. The molecule has 5 nitrogen and oxygen atoms in total. The summed E-state index contributed by atoms with van der Waals surface area (Å²) in [6, 6.07) is 13.0. The molecule has 0 aliphatic carbocycles. The van der Waals surface area contributed by atoms with Crippen molar-refractivity contribution in [1.82, 2.24) is 14.9 Å². The quantitative estimate of drug-likeness (QED) is 0.593. The fraction of sp³-hybridized carbons (Fsp3) is 0.143. The number of halogens is 1. The Kier molecular flexibility index (Phi) is 4.24. The number of aromatic nitrogens is 2. The first kappa shape index (κ1) is 17.0. The number of fused-ring (bicyclic) bond motifs is 1. The number of hydrogen-bond acceptors (Lipinski definition) is 3. The Morgan fingerprint density at radius 3 is 2.59 bits per heavy atom. The van der Waals surface area contributed by atoms with Crippen molar-refractivity contribution >= 4 is 16.9 Å². The molecular weight excluding hydrogens is 345 g/mol. The summed E-state index contributed by atoms with van der Waals surface area (Å²) in [6.45, 7) is 1.86. The highest BCUT2D eigenvalue weighted by Gasteiger charge is 2.25. The number of nitrogens with zero attached hydrogens (tertiary/aromatic N) is 2. The summed E-state index contributed by atoms with van der Waals surface area (Å²) >= 11 is 0. The molecule has 1 N–H and O–H groups in total. The van der Waals surface area contributed by atoms with E-state index in [9.17, 15) is 9.18 Å². The van der Waals surface area contributed by atoms with Crippen molar-refractivity contribution in [3.8, 4) is 0 Å². The second kappa shape index (κ2) is 6.72. The van der Waals surface area contributed by atoms with Crippen molar-refractivity contribution in [3.63, 3.8) is 0 Å². The molecule has 0 spiro atoms. The van der Waals surface area contributed by atoms with Crippen LogP contribution in [0.1, 0.15) is 33.5 Å². The van der Waals surface area contributed by atoms with Crippen molar-refractivity contribution in [1.29, 1.82) is 0 Å². The van der Waals surface area contributed by atoms with Gasteiger partial charge in [0, 0.05) is 30.4 Å². The highest BCUT2D eigenvalue weighted by molar-refractivity contribution is 5.99. The summed E-state index contributed by atoms with van der Waals surface area (Å²) in [4.78, 5) is 17.3. The largest absolute Gasteiger partial charge is 0.451 e. The van der Waals surface area contributed by atoms with Gasteiger partial charge in [-0.15, -0.1) is 0 Å². The molecule has 2 aromatic carbocycles. The van der Waals surface area contributed by atoms with E-state index in [0.717, 1.165) is 16.5 Å². The molecule has 1 atom stereocenters. The van der Waals surface area contributed by atoms with E-state index in [1.165, 1.54) is 12.1 Å². The second-order valence-electron chi connectivity index (χ2n) is 6.41. The van der Waals surface area contributed by atoms with Crippen LogP contribution in [0, 0.1) is 12.7 Å². The Bertz CT molecular complexity index is 1110. The van der Waals surface area contributed by atoms with E-state index in [1.807, 2.05) is 42.8 Å². The van der Waals surface area contributed by atoms with Gasteiger partial charge in [-0.05, 0) is 30.7 Å². The molecule has 0 radical (unpaired) electrons. The predicted molar refractivity (Wildman–Crippen MR) is 99.9 cm³/mol. The smallest absolute Gasteiger partial charge is 0.288 e. The van der Waals surface area contributed by atoms with Crippen LogP contribution >= 0.6 is 0 Å². The van der Waals surface area contributed by atoms with Gasteiger partial charge in [0.05, 0.1) is 0 Å². The van der Waals surface area contributed by atoms with E-state index in [0.29, 0.717) is 11.4 Å². The maximum Gasteiger partial charge on any atom is 0.288 e. The Morgan fingerprint density at radius 1 is 1.19 bits per heavy atom. The van der Waals surface area contributed by atoms with Gasteiger partial charge in [0.1, 0.15) is 23.3 Å². The first-order chi connectivity index (χ1) is 13.0. The van der Waals surface area contributed by atoms with Gasteiger partial charge in [0.15, 0.2) is 5.76 Å². The minimum Gasteiger partial charge on any atom is -0.451 e. The highest BCUT2D eigenvalue weighted by atomic mass is 19.1. The van der Waals surface area contributed by atoms with Gasteiger partial charge in [-0.2, -0.15) is 0 Å². The molecule has 2 heterocycles. The Balaban J connectivity index is 1.72. The molecule has 2 aromatic heterocycles. The summed E-state index contributed by atoms with van der Waals surface area (Å²) in [5, 5.41) is 3.88. The number of amides is 1. The lowest BCUT2D eigenvalue weighted by Crippen LogP contribution is -2.31. The normalized spacial score (nSPS) is 12.3. The van der Waals surface area contributed by atoms with Crippen LogP contribution in [-0.2, 0) is 7.05 Å². The van der Waals surface area contributed by atoms with E-state index in [2.05, 4.69) is 10.3 Å². The van der Waals surface area contributed by atoms with Gasteiger partial charge in [-0.3, -0.25) is 4.79 Å². The molecule has 0 bridgehead atoms. The van der Waals surface area contributed by atoms with Gasteiger partial charge in [0.2, 0.25) is 0 Å². The number of aryl methyl sites for hydroxylation is 2. The van der Waals surface area contributed by atoms with Crippen LogP contribution < -0.4 is 5.32 Å². The number of furan rings is 1. The number of carbonyl (C=O) groups excluding carboxylic acids is 1. The van der Waals surface area contributed by atoms with E-state index in [4.69, 9.17) is 4.42 Å². The Morgan fingerprint density at radius 2 is 1.93 bits per heavy atom. The highest BCUT2D eigenvalue weighted by Crippen LogP contribution is 2.27. The number of para-hydroxylation sites is 1. The third-order valence-electron chi connectivity index (χ3n) is 4.65. The third kappa shape index (κ3) is 3.10. The maximum absolute atomic E-state index is 13.3. The zero-order chi connectivity index (χ0) is 19.0. The summed E-state index contributed by atoms with van der Waals surface area (Å²) in [5.74, 6) is 0.221. The SMILES string of the molecule is Cc1c(C(=O)NC(c2ccc(F)cc2)c2nccn2C)oc2ccccc12. The molecule has 0 aliphatic heterocycles. The van der Waals surface area contributed by atoms with Gasteiger partial charge in [0.25, 0.3) is 5.91 Å². The summed E-state index contributed by atoms with van der Waals surface area (Å²) in [6.07, 6.45) is 3.45. The first-order valence-corrected chi connectivity index (χ1v) is 8.56. The van der Waals surface area contributed by atoms with Gasteiger partial charge in [-0.25, -0.2) is 9.37 Å². The van der Waals surface area contributed by atoms with Crippen molar-refractivity contribution < 1.29 is 13.6 Å². The van der Waals surface area contributed by atoms with Crippen LogP contribution in [0.25, 0.3) is 11.0 Å². The predicted octanol–water partition coefficient (Wildman–Crippen LogP) is 4.13. The van der Waals surface area contributed by atoms with Crippen LogP contribution in [0.4, 0.5) is 4.39 Å². The molecule has 27 heavy (non-hydrogen) atoms. The number of benzene rings is 2. The Labute approximate surface area is 155 Å². The average Bonchev–Trinajstić information content (AvgIpc) is 3.24. The lowest BCUT2D eigenvalue weighted by molar-refractivity contribution is 0.0914. The lowest BCUT2D eigenvalue weighted by atomic mass is 10.1. The zero-order valence-corrected chi connectivity index (χ0v) is 14.9. The summed E-state index contributed by atoms with van der Waals surface area (Å²) in [5.41, 5.74) is 2.17. The molecule has 1 unspecified atom stereocenters. The van der Waals surface area contributed by atoms with Gasteiger partial charge >= 0.3 is 0 Å². The Hall–Kier alpha value is -3.41. The molecule has 1 amide bonds. The van der Waals surface area contributed by atoms with Crippen LogP contribution in [0.3, 0.4) is 0 Å². The minimum absolute atomic E-state index is 0.262. The monoisotopic (exact) mass is 363 g/mol. The summed E-state index contributed by atoms with van der Waals surface area (Å²) in [7, 11) is 1.84. The van der Waals surface area contributed by atoms with Crippen LogP contribution in [0.2, 0.25) is 0 Å². The molecule has 136 valence electrons. The number of hydrogen-bond donors (Lipinski definition) is 1. The minimum atomic E-state index is -0.536. The van der Waals surface area contributed by atoms with Crippen molar-refractivity contribution in [3.05, 3.63) is 89.5 Å². The fourth-order valence-electron chi connectivity index (χ4n) is 3.20. The maximum atomic E-state index is 13.3. The molecule has 0 aliphatic rings. The molecular formula is C21H18FN3O2. The third-order valence-corrected chi connectivity index (χ3v) is 4.65. The zero-order valence-electron chi connectivity index (χ0n) is 14.9. The van der Waals surface area contributed by atoms with Gasteiger partial charge < -0.3 is 14.3 Å². The standard InChI is InChI=1S/C21H18FN3O2/c1-13-16-5-3-4-6-17(16)27-19(13)21(26)24-18(20-23-11-12-25(20)2)14-7-9-15(22)10-8-14/h3-12,18H,1-2H3,(H,24,26). The molecule has 4 aromatic rings. The lowest BCUT2D eigenvalue weighted by Gasteiger charge is -2.18. The topological polar surface area (TPSA) is 60.1 Å². The molecule has 4 rings (SSSR count). The second-order valence-corrected chi connectivity index (χ2v) is 6.41. The molecule has 0 saturated heterocycles. The number of imidazole rings is 1. The summed E-state index contributed by atoms with van der Waals surface area (Å²) < 4.78 is 20.9. The molecule has 0 fully saturated rings. The van der Waals surface area contributed by atoms with Crippen molar-refractivity contribution in [2.75, 3.05) is 0 Å². The fourth-order valence-corrected chi connectivity index (χ4v) is 3.20. The van der Waals surface area contributed by atoms with E-state index < -0.39 is 6.04 Å². The van der Waals surface area contributed by atoms with Crippen LogP contribution in [-0.4, -0.2) is 15.5 Å². The first-order valence-electron chi connectivity index (χ1n) is 8.56. The van der Waals surface area contributed by atoms with Crippen molar-refractivity contribution in [2.45, 2.75) is 13.0 Å². The number of nitrogens with one attached hydrogen (secondary N) is 1. The molecule has 6 heteroatoms. The van der Waals surface area contributed by atoms with E-state index >= 15 is 0 Å². The molecule has 0 saturated carbocycles. The average molecular weight is 363 g/mol. The van der Waals surface area contributed by atoms with E-state index in [1.54, 1.807) is 24.5 Å². The van der Waals surface area contributed by atoms with Crippen molar-refractivity contribution in [2.24, 2.45) is 7.05 Å².